The maximum atomic E-state index is 16.1. The zero-order valence-electron chi connectivity index (χ0n) is 27.3. The molecule has 242 valence electrons. The highest BCUT2D eigenvalue weighted by Gasteiger charge is 2.43. The first-order valence-electron chi connectivity index (χ1n) is 15.9. The summed E-state index contributed by atoms with van der Waals surface area (Å²) in [5, 5.41) is 9.91. The van der Waals surface area contributed by atoms with Crippen molar-refractivity contribution in [3.05, 3.63) is 75.6 Å². The van der Waals surface area contributed by atoms with E-state index in [4.69, 9.17) is 14.1 Å². The number of aromatic nitrogens is 4. The molecular formula is C34H40FN7O3S. The van der Waals surface area contributed by atoms with E-state index >= 15 is 4.39 Å². The number of benzene rings is 1. The smallest absolute Gasteiger partial charge is 0.410 e. The van der Waals surface area contributed by atoms with E-state index < -0.39 is 11.6 Å². The summed E-state index contributed by atoms with van der Waals surface area (Å²) in [6, 6.07) is 5.08. The predicted octanol–water partition coefficient (Wildman–Crippen LogP) is 6.74. The Kier molecular flexibility index (Phi) is 7.53. The topological polar surface area (TPSA) is 102 Å². The van der Waals surface area contributed by atoms with Gasteiger partial charge in [-0.1, -0.05) is 6.07 Å². The summed E-state index contributed by atoms with van der Waals surface area (Å²) in [7, 11) is 0. The van der Waals surface area contributed by atoms with Gasteiger partial charge in [0.25, 0.3) is 0 Å². The van der Waals surface area contributed by atoms with Crippen LogP contribution in [0.15, 0.2) is 40.1 Å². The first kappa shape index (κ1) is 30.6. The van der Waals surface area contributed by atoms with Crippen molar-refractivity contribution >= 4 is 28.8 Å². The van der Waals surface area contributed by atoms with E-state index in [0.29, 0.717) is 36.9 Å². The number of halogens is 1. The van der Waals surface area contributed by atoms with Crippen molar-refractivity contribution in [2.45, 2.75) is 78.9 Å². The average Bonchev–Trinajstić information content (AvgIpc) is 3.78. The van der Waals surface area contributed by atoms with Crippen LogP contribution in [-0.2, 0) is 11.2 Å². The van der Waals surface area contributed by atoms with E-state index in [0.717, 1.165) is 65.6 Å². The molecule has 0 radical (unpaired) electrons. The molecule has 0 saturated carbocycles. The zero-order chi connectivity index (χ0) is 32.4. The van der Waals surface area contributed by atoms with E-state index in [-0.39, 0.29) is 17.3 Å². The Morgan fingerprint density at radius 2 is 1.89 bits per heavy atom. The third-order valence-corrected chi connectivity index (χ3v) is 10.8. The SMILES string of the molecule is Cc1sc2c(c1C)C(c1ccc(N3CCC4(CCN(C(=O)OC(C)(C)C)C4)CC3)c(F)c1)=N[C@@H](Cc1ncco1)c1nnc(C)n1-2. The van der Waals surface area contributed by atoms with Gasteiger partial charge in [-0.05, 0) is 83.9 Å². The van der Waals surface area contributed by atoms with Crippen LogP contribution in [0.5, 0.6) is 0 Å². The number of ether oxygens (including phenoxy) is 1. The van der Waals surface area contributed by atoms with E-state index in [2.05, 4.69) is 38.5 Å². The van der Waals surface area contributed by atoms with Crippen molar-refractivity contribution in [2.24, 2.45) is 10.4 Å². The Labute approximate surface area is 272 Å². The molecule has 2 fully saturated rings. The second-order valence-electron chi connectivity index (χ2n) is 13.8. The Balaban J connectivity index is 1.16. The molecule has 3 aliphatic rings. The van der Waals surface area contributed by atoms with Gasteiger partial charge in [0.2, 0.25) is 0 Å². The lowest BCUT2D eigenvalue weighted by atomic mass is 9.77. The van der Waals surface area contributed by atoms with Crippen molar-refractivity contribution in [1.82, 2.24) is 24.6 Å². The third-order valence-electron chi connectivity index (χ3n) is 9.57. The first-order chi connectivity index (χ1) is 21.9. The maximum Gasteiger partial charge on any atom is 0.410 e. The van der Waals surface area contributed by atoms with Crippen LogP contribution in [0.4, 0.5) is 14.9 Å². The van der Waals surface area contributed by atoms with Crippen LogP contribution in [0.1, 0.15) is 85.2 Å². The summed E-state index contributed by atoms with van der Waals surface area (Å²) in [4.78, 5) is 27.4. The summed E-state index contributed by atoms with van der Waals surface area (Å²) in [6.45, 7) is 14.7. The molecule has 0 bridgehead atoms. The number of carbonyl (C=O) groups is 1. The van der Waals surface area contributed by atoms with Crippen LogP contribution in [0, 0.1) is 32.0 Å². The summed E-state index contributed by atoms with van der Waals surface area (Å²) in [5.41, 5.74) is 3.67. The highest BCUT2D eigenvalue weighted by molar-refractivity contribution is 7.15. The number of carbonyl (C=O) groups excluding carboxylic acids is 1. The van der Waals surface area contributed by atoms with Crippen molar-refractivity contribution in [1.29, 1.82) is 0 Å². The minimum absolute atomic E-state index is 0.0546. The van der Waals surface area contributed by atoms with Gasteiger partial charge < -0.3 is 19.0 Å². The Morgan fingerprint density at radius 3 is 2.59 bits per heavy atom. The molecule has 3 aliphatic heterocycles. The van der Waals surface area contributed by atoms with Crippen LogP contribution >= 0.6 is 11.3 Å². The number of likely N-dealkylation sites (tertiary alicyclic amines) is 1. The van der Waals surface area contributed by atoms with Crippen LogP contribution in [0.25, 0.3) is 5.00 Å². The zero-order valence-corrected chi connectivity index (χ0v) is 28.1. The van der Waals surface area contributed by atoms with Gasteiger partial charge in [0.1, 0.15) is 34.5 Å². The number of oxazole rings is 1. The fraction of sp³-hybridized carbons (Fsp3) is 0.500. The van der Waals surface area contributed by atoms with Crippen molar-refractivity contribution in [2.75, 3.05) is 31.1 Å². The Morgan fingerprint density at radius 1 is 1.13 bits per heavy atom. The quantitative estimate of drug-likeness (QED) is 0.242. The fourth-order valence-electron chi connectivity index (χ4n) is 7.00. The monoisotopic (exact) mass is 645 g/mol. The number of anilines is 1. The molecule has 6 heterocycles. The van der Waals surface area contributed by atoms with E-state index in [9.17, 15) is 4.79 Å². The number of fused-ring (bicyclic) bond motifs is 3. The summed E-state index contributed by atoms with van der Waals surface area (Å²) in [5.74, 6) is 1.77. The lowest BCUT2D eigenvalue weighted by Crippen LogP contribution is -2.43. The van der Waals surface area contributed by atoms with Crippen LogP contribution < -0.4 is 4.90 Å². The van der Waals surface area contributed by atoms with Gasteiger partial charge >= 0.3 is 6.09 Å². The minimum atomic E-state index is -0.514. The average molecular weight is 646 g/mol. The van der Waals surface area contributed by atoms with Crippen LogP contribution in [0.3, 0.4) is 0 Å². The molecule has 0 unspecified atom stereocenters. The van der Waals surface area contributed by atoms with Gasteiger partial charge in [0.15, 0.2) is 11.7 Å². The number of nitrogens with zero attached hydrogens (tertiary/aromatic N) is 7. The van der Waals surface area contributed by atoms with Gasteiger partial charge in [-0.15, -0.1) is 21.5 Å². The number of hydrogen-bond acceptors (Lipinski definition) is 9. The van der Waals surface area contributed by atoms with Gasteiger partial charge in [0.05, 0.1) is 24.0 Å². The number of rotatable bonds is 4. The maximum absolute atomic E-state index is 16.1. The predicted molar refractivity (Wildman–Crippen MR) is 175 cm³/mol. The first-order valence-corrected chi connectivity index (χ1v) is 16.7. The van der Waals surface area contributed by atoms with Crippen molar-refractivity contribution in [3.8, 4) is 5.00 Å². The molecule has 12 heteroatoms. The fourth-order valence-corrected chi connectivity index (χ4v) is 8.22. The molecular weight excluding hydrogens is 605 g/mol. The van der Waals surface area contributed by atoms with Crippen LogP contribution in [0.2, 0.25) is 0 Å². The minimum Gasteiger partial charge on any atom is -0.449 e. The molecule has 4 aromatic rings. The Hall–Kier alpha value is -4.06. The van der Waals surface area contributed by atoms with Gasteiger partial charge in [0, 0.05) is 42.2 Å². The molecule has 7 rings (SSSR count). The number of piperidine rings is 1. The molecule has 3 aromatic heterocycles. The third kappa shape index (κ3) is 5.50. The molecule has 0 N–H and O–H groups in total. The number of aliphatic imine (C=N–C) groups is 1. The summed E-state index contributed by atoms with van der Waals surface area (Å²) < 4.78 is 29.4. The second-order valence-corrected chi connectivity index (χ2v) is 15.0. The molecule has 2 saturated heterocycles. The van der Waals surface area contributed by atoms with E-state index in [1.807, 2.05) is 44.7 Å². The lowest BCUT2D eigenvalue weighted by molar-refractivity contribution is 0.0266. The van der Waals surface area contributed by atoms with Crippen molar-refractivity contribution < 1.29 is 18.3 Å². The van der Waals surface area contributed by atoms with Gasteiger partial charge in [-0.2, -0.15) is 0 Å². The second kappa shape index (κ2) is 11.3. The standard InChI is InChI=1S/C34H40FN7O3S/c1-20-21(2)46-31-28(20)29(37-25(18-27-36-12-16-44-27)30-39-38-22(3)42(30)31)23-7-8-26(24(35)17-23)40-13-9-34(10-14-40)11-15-41(19-34)32(43)45-33(4,5)6/h7-8,12,16-17,25H,9-11,13-15,18-19H2,1-6H3/t25-/m0/s1. The highest BCUT2D eigenvalue weighted by Crippen LogP contribution is 2.43. The number of hydrogen-bond donors (Lipinski definition) is 0. The Bertz CT molecular complexity index is 1810. The lowest BCUT2D eigenvalue weighted by Gasteiger charge is -2.40. The van der Waals surface area contributed by atoms with E-state index in [1.54, 1.807) is 29.9 Å². The number of amides is 1. The molecule has 0 aliphatic carbocycles. The largest absolute Gasteiger partial charge is 0.449 e. The van der Waals surface area contributed by atoms with E-state index in [1.165, 1.54) is 4.88 Å². The molecule has 1 amide bonds. The van der Waals surface area contributed by atoms with Gasteiger partial charge in [-0.3, -0.25) is 9.56 Å². The van der Waals surface area contributed by atoms with Gasteiger partial charge in [-0.25, -0.2) is 14.2 Å². The molecule has 1 aromatic carbocycles. The normalized spacial score (nSPS) is 19.2. The molecule has 1 atom stereocenters. The molecule has 1 spiro atoms. The summed E-state index contributed by atoms with van der Waals surface area (Å²) in [6.07, 6.45) is 6.09. The molecule has 10 nitrogen and oxygen atoms in total. The van der Waals surface area contributed by atoms with Crippen LogP contribution in [-0.4, -0.2) is 68.2 Å². The highest BCUT2D eigenvalue weighted by atomic mass is 32.1. The van der Waals surface area contributed by atoms with Crippen molar-refractivity contribution in [3.63, 3.8) is 0 Å². The summed E-state index contributed by atoms with van der Waals surface area (Å²) >= 11 is 1.67. The number of thiophene rings is 1. The number of aryl methyl sites for hydroxylation is 2. The molecule has 46 heavy (non-hydrogen) atoms.